The predicted octanol–water partition coefficient (Wildman–Crippen LogP) is 5.45. The molecule has 0 aliphatic carbocycles. The highest BCUT2D eigenvalue weighted by molar-refractivity contribution is 6.31. The molecule has 4 rings (SSSR count). The zero-order valence-electron chi connectivity index (χ0n) is 16.2. The number of hydrogen-bond acceptors (Lipinski definition) is 4. The molecule has 2 aromatic carbocycles. The molecule has 1 aliphatic heterocycles. The van der Waals surface area contributed by atoms with E-state index >= 15 is 0 Å². The summed E-state index contributed by atoms with van der Waals surface area (Å²) >= 11 is 5.86. The number of likely N-dealkylation sites (tertiary alicyclic amines) is 1. The van der Waals surface area contributed by atoms with Crippen LogP contribution < -0.4 is 10.5 Å². The molecule has 0 saturated carbocycles. The lowest BCUT2D eigenvalue weighted by Crippen LogP contribution is -2.15. The van der Waals surface area contributed by atoms with Crippen LogP contribution in [0.4, 0.5) is 14.6 Å². The number of nitrogen functional groups attached to an aromatic ring is 1. The van der Waals surface area contributed by atoms with Gasteiger partial charge in [-0.25, -0.2) is 13.8 Å². The van der Waals surface area contributed by atoms with Gasteiger partial charge in [-0.3, -0.25) is 4.90 Å². The highest BCUT2D eigenvalue weighted by Gasteiger charge is 2.15. The van der Waals surface area contributed by atoms with E-state index in [4.69, 9.17) is 22.1 Å². The zero-order chi connectivity index (χ0) is 21.1. The Morgan fingerprint density at radius 3 is 2.47 bits per heavy atom. The van der Waals surface area contributed by atoms with Crippen molar-refractivity contribution in [2.45, 2.75) is 19.4 Å². The van der Waals surface area contributed by atoms with Gasteiger partial charge in [0.25, 0.3) is 0 Å². The van der Waals surface area contributed by atoms with Crippen molar-refractivity contribution in [3.05, 3.63) is 83.0 Å². The molecule has 0 atom stereocenters. The Kier molecular flexibility index (Phi) is 6.16. The van der Waals surface area contributed by atoms with Crippen LogP contribution in [-0.2, 0) is 6.61 Å². The van der Waals surface area contributed by atoms with E-state index in [1.807, 2.05) is 24.3 Å². The zero-order valence-corrected chi connectivity index (χ0v) is 17.0. The Morgan fingerprint density at radius 1 is 1.03 bits per heavy atom. The molecule has 0 amide bonds. The molecule has 30 heavy (non-hydrogen) atoms. The van der Waals surface area contributed by atoms with Crippen molar-refractivity contribution in [3.8, 4) is 16.9 Å². The van der Waals surface area contributed by atoms with Crippen molar-refractivity contribution in [1.82, 2.24) is 9.88 Å². The van der Waals surface area contributed by atoms with Gasteiger partial charge in [0.2, 0.25) is 0 Å². The van der Waals surface area contributed by atoms with E-state index in [0.717, 1.165) is 41.9 Å². The van der Waals surface area contributed by atoms with Crippen LogP contribution in [0.5, 0.6) is 5.75 Å². The number of halogens is 3. The van der Waals surface area contributed by atoms with Gasteiger partial charge in [-0.05, 0) is 55.3 Å². The molecule has 155 valence electrons. The summed E-state index contributed by atoms with van der Waals surface area (Å²) in [5.74, 6) is -0.915. The molecular formula is C23H21ClF2N3O. The first-order valence-electron chi connectivity index (χ1n) is 9.71. The van der Waals surface area contributed by atoms with Gasteiger partial charge in [-0.1, -0.05) is 35.9 Å². The van der Waals surface area contributed by atoms with E-state index in [0.29, 0.717) is 0 Å². The summed E-state index contributed by atoms with van der Waals surface area (Å²) in [6, 6.07) is 11.8. The first-order chi connectivity index (χ1) is 14.5. The monoisotopic (exact) mass is 428 g/mol. The van der Waals surface area contributed by atoms with E-state index in [1.54, 1.807) is 12.3 Å². The van der Waals surface area contributed by atoms with Gasteiger partial charge in [0.15, 0.2) is 11.6 Å². The van der Waals surface area contributed by atoms with Crippen molar-refractivity contribution in [1.29, 1.82) is 0 Å². The SMILES string of the molecule is Nc1ncc(-c2ccc([CH]N3CCCC3)cc2)cc1OCc1c(F)ccc(F)c1Cl. The third-order valence-electron chi connectivity index (χ3n) is 5.11. The van der Waals surface area contributed by atoms with Crippen LogP contribution in [0.15, 0.2) is 48.7 Å². The summed E-state index contributed by atoms with van der Waals surface area (Å²) in [7, 11) is 0. The quantitative estimate of drug-likeness (QED) is 0.530. The molecule has 2 N–H and O–H groups in total. The molecule has 1 saturated heterocycles. The Bertz CT molecular complexity index is 1040. The molecule has 1 radical (unpaired) electrons. The molecule has 1 aliphatic rings. The van der Waals surface area contributed by atoms with Crippen molar-refractivity contribution >= 4 is 17.4 Å². The number of anilines is 1. The third kappa shape index (κ3) is 4.55. The van der Waals surface area contributed by atoms with Gasteiger partial charge in [0, 0.05) is 17.3 Å². The molecule has 0 spiro atoms. The standard InChI is InChI=1S/C23H21ClF2N3O/c24-22-18(19(25)7-8-20(22)26)14-30-21-11-17(12-28-23(21)27)16-5-3-15(4-6-16)13-29-9-1-2-10-29/h3-8,11-13H,1-2,9-10,14H2,(H2,27,28). The molecular weight excluding hydrogens is 408 g/mol. The van der Waals surface area contributed by atoms with Gasteiger partial charge in [-0.2, -0.15) is 0 Å². The van der Waals surface area contributed by atoms with Crippen LogP contribution in [0.1, 0.15) is 24.0 Å². The van der Waals surface area contributed by atoms with Gasteiger partial charge >= 0.3 is 0 Å². The average Bonchev–Trinajstić information content (AvgIpc) is 3.26. The predicted molar refractivity (Wildman–Crippen MR) is 114 cm³/mol. The molecule has 3 aromatic rings. The first kappa shape index (κ1) is 20.6. The summed E-state index contributed by atoms with van der Waals surface area (Å²) in [6.07, 6.45) is 4.12. The van der Waals surface area contributed by atoms with Crippen LogP contribution in [0, 0.1) is 18.2 Å². The van der Waals surface area contributed by atoms with Gasteiger partial charge < -0.3 is 10.5 Å². The summed E-state index contributed by atoms with van der Waals surface area (Å²) in [6.45, 7) is 4.10. The van der Waals surface area contributed by atoms with E-state index < -0.39 is 11.6 Å². The fraction of sp³-hybridized carbons (Fsp3) is 0.217. The van der Waals surface area contributed by atoms with E-state index in [-0.39, 0.29) is 28.8 Å². The van der Waals surface area contributed by atoms with Gasteiger partial charge in [-0.15, -0.1) is 0 Å². The first-order valence-corrected chi connectivity index (χ1v) is 10.1. The largest absolute Gasteiger partial charge is 0.485 e. The average molecular weight is 429 g/mol. The summed E-state index contributed by atoms with van der Waals surface area (Å²) < 4.78 is 33.2. The minimum Gasteiger partial charge on any atom is -0.485 e. The number of rotatable bonds is 6. The van der Waals surface area contributed by atoms with E-state index in [9.17, 15) is 8.78 Å². The van der Waals surface area contributed by atoms with Crippen molar-refractivity contribution < 1.29 is 13.5 Å². The normalized spacial score (nSPS) is 14.2. The van der Waals surface area contributed by atoms with Crippen LogP contribution >= 0.6 is 11.6 Å². The van der Waals surface area contributed by atoms with Crippen LogP contribution in [-0.4, -0.2) is 23.0 Å². The van der Waals surface area contributed by atoms with Crippen molar-refractivity contribution in [2.24, 2.45) is 0 Å². The fourth-order valence-corrected chi connectivity index (χ4v) is 3.63. The Balaban J connectivity index is 1.50. The Morgan fingerprint density at radius 2 is 1.73 bits per heavy atom. The van der Waals surface area contributed by atoms with Crippen LogP contribution in [0.25, 0.3) is 11.1 Å². The molecule has 0 bridgehead atoms. The van der Waals surface area contributed by atoms with E-state index in [1.165, 1.54) is 12.8 Å². The molecule has 7 heteroatoms. The number of nitrogens with two attached hydrogens (primary N) is 1. The number of aromatic nitrogens is 1. The lowest BCUT2D eigenvalue weighted by Gasteiger charge is -2.14. The van der Waals surface area contributed by atoms with Crippen LogP contribution in [0.2, 0.25) is 5.02 Å². The molecule has 1 fully saturated rings. The summed E-state index contributed by atoms with van der Waals surface area (Å²) in [5, 5.41) is -0.303. The number of benzene rings is 2. The van der Waals surface area contributed by atoms with Gasteiger partial charge in [0.1, 0.15) is 18.2 Å². The highest BCUT2D eigenvalue weighted by Crippen LogP contribution is 2.30. The lowest BCUT2D eigenvalue weighted by molar-refractivity contribution is 0.300. The maximum Gasteiger partial charge on any atom is 0.166 e. The number of hydrogen-bond donors (Lipinski definition) is 1. The minimum atomic E-state index is -0.706. The second-order valence-corrected chi connectivity index (χ2v) is 7.59. The number of nitrogens with zero attached hydrogens (tertiary/aromatic N) is 2. The fourth-order valence-electron chi connectivity index (χ4n) is 3.42. The van der Waals surface area contributed by atoms with Gasteiger partial charge in [0.05, 0.1) is 11.6 Å². The smallest absolute Gasteiger partial charge is 0.166 e. The Labute approximate surface area is 179 Å². The lowest BCUT2D eigenvalue weighted by atomic mass is 10.1. The Hall–Kier alpha value is -2.70. The minimum absolute atomic E-state index is 0.0664. The third-order valence-corrected chi connectivity index (χ3v) is 5.52. The molecule has 1 aromatic heterocycles. The molecule has 0 unspecified atom stereocenters. The molecule has 4 nitrogen and oxygen atoms in total. The van der Waals surface area contributed by atoms with Crippen LogP contribution in [0.3, 0.4) is 0 Å². The number of pyridine rings is 1. The summed E-state index contributed by atoms with van der Waals surface area (Å²) in [5.41, 5.74) is 8.72. The maximum atomic E-state index is 14.0. The second-order valence-electron chi connectivity index (χ2n) is 7.21. The number of ether oxygens (including phenoxy) is 1. The highest BCUT2D eigenvalue weighted by atomic mass is 35.5. The topological polar surface area (TPSA) is 51.4 Å². The maximum absolute atomic E-state index is 14.0. The summed E-state index contributed by atoms with van der Waals surface area (Å²) in [4.78, 5) is 6.49. The van der Waals surface area contributed by atoms with E-state index in [2.05, 4.69) is 16.4 Å². The van der Waals surface area contributed by atoms with Crippen molar-refractivity contribution in [2.75, 3.05) is 18.8 Å². The van der Waals surface area contributed by atoms with Crippen molar-refractivity contribution in [3.63, 3.8) is 0 Å². The second kappa shape index (κ2) is 8.98. The molecule has 2 heterocycles.